The summed E-state index contributed by atoms with van der Waals surface area (Å²) in [4.78, 5) is 0. The number of methoxy groups -OCH3 is 1. The van der Waals surface area contributed by atoms with E-state index in [0.717, 1.165) is 17.1 Å². The molecular formula is C17H21NO2. The van der Waals surface area contributed by atoms with E-state index in [1.54, 1.807) is 7.11 Å². The second-order valence-electron chi connectivity index (χ2n) is 4.93. The standard InChI is InChI=1S/C17H21NO2/c1-12-7-4-5-10-16(12)17(13(2)18)20-15-9-6-8-14(11-15)19-3/h4-11,13,17H,18H2,1-3H3. The van der Waals surface area contributed by atoms with Crippen molar-refractivity contribution in [1.29, 1.82) is 0 Å². The fourth-order valence-electron chi connectivity index (χ4n) is 2.18. The smallest absolute Gasteiger partial charge is 0.139 e. The Labute approximate surface area is 120 Å². The largest absolute Gasteiger partial charge is 0.497 e. The second-order valence-corrected chi connectivity index (χ2v) is 4.93. The van der Waals surface area contributed by atoms with Crippen LogP contribution in [0, 0.1) is 6.92 Å². The van der Waals surface area contributed by atoms with Crippen molar-refractivity contribution in [2.75, 3.05) is 7.11 Å². The summed E-state index contributed by atoms with van der Waals surface area (Å²) in [6.45, 7) is 4.02. The Morgan fingerprint density at radius 2 is 1.70 bits per heavy atom. The van der Waals surface area contributed by atoms with Gasteiger partial charge in [0.15, 0.2) is 0 Å². The maximum Gasteiger partial charge on any atom is 0.139 e. The van der Waals surface area contributed by atoms with E-state index in [1.165, 1.54) is 5.56 Å². The molecule has 0 aliphatic rings. The Hall–Kier alpha value is -2.00. The molecule has 0 heterocycles. The number of aryl methyl sites for hydroxylation is 1. The van der Waals surface area contributed by atoms with Crippen LogP contribution < -0.4 is 15.2 Å². The van der Waals surface area contributed by atoms with Crippen molar-refractivity contribution in [2.45, 2.75) is 26.0 Å². The molecule has 2 aromatic rings. The first-order valence-corrected chi connectivity index (χ1v) is 6.73. The van der Waals surface area contributed by atoms with E-state index in [0.29, 0.717) is 0 Å². The Kier molecular flexibility index (Phi) is 4.64. The summed E-state index contributed by atoms with van der Waals surface area (Å²) in [5, 5.41) is 0. The molecule has 2 aromatic carbocycles. The highest BCUT2D eigenvalue weighted by Gasteiger charge is 2.20. The van der Waals surface area contributed by atoms with E-state index >= 15 is 0 Å². The second kappa shape index (κ2) is 6.44. The lowest BCUT2D eigenvalue weighted by molar-refractivity contribution is 0.179. The molecule has 0 bridgehead atoms. The highest BCUT2D eigenvalue weighted by Crippen LogP contribution is 2.28. The van der Waals surface area contributed by atoms with Crippen molar-refractivity contribution in [3.05, 3.63) is 59.7 Å². The first-order chi connectivity index (χ1) is 9.61. The normalized spacial score (nSPS) is 13.6. The zero-order valence-electron chi connectivity index (χ0n) is 12.2. The number of nitrogens with two attached hydrogens (primary N) is 1. The SMILES string of the molecule is COc1cccc(OC(c2ccccc2C)C(C)N)c1. The molecule has 2 unspecified atom stereocenters. The van der Waals surface area contributed by atoms with Crippen LogP contribution in [-0.2, 0) is 0 Å². The van der Waals surface area contributed by atoms with E-state index in [9.17, 15) is 0 Å². The van der Waals surface area contributed by atoms with E-state index in [1.807, 2.05) is 43.3 Å². The van der Waals surface area contributed by atoms with Crippen molar-refractivity contribution in [2.24, 2.45) is 5.73 Å². The Morgan fingerprint density at radius 1 is 1.00 bits per heavy atom. The van der Waals surface area contributed by atoms with Gasteiger partial charge in [-0.2, -0.15) is 0 Å². The topological polar surface area (TPSA) is 44.5 Å². The van der Waals surface area contributed by atoms with Gasteiger partial charge in [0.1, 0.15) is 17.6 Å². The number of ether oxygens (including phenoxy) is 2. The summed E-state index contributed by atoms with van der Waals surface area (Å²) in [7, 11) is 1.64. The minimum absolute atomic E-state index is 0.109. The zero-order valence-corrected chi connectivity index (χ0v) is 12.2. The number of benzene rings is 2. The summed E-state index contributed by atoms with van der Waals surface area (Å²) in [6.07, 6.45) is -0.177. The van der Waals surface area contributed by atoms with E-state index in [4.69, 9.17) is 15.2 Å². The third kappa shape index (κ3) is 3.31. The molecule has 0 aromatic heterocycles. The van der Waals surface area contributed by atoms with Crippen LogP contribution in [0.5, 0.6) is 11.5 Å². The third-order valence-electron chi connectivity index (χ3n) is 3.28. The van der Waals surface area contributed by atoms with E-state index < -0.39 is 0 Å². The molecule has 2 atom stereocenters. The first-order valence-electron chi connectivity index (χ1n) is 6.73. The van der Waals surface area contributed by atoms with Crippen molar-refractivity contribution < 1.29 is 9.47 Å². The lowest BCUT2D eigenvalue weighted by Gasteiger charge is -2.24. The monoisotopic (exact) mass is 271 g/mol. The minimum Gasteiger partial charge on any atom is -0.497 e. The van der Waals surface area contributed by atoms with E-state index in [-0.39, 0.29) is 12.1 Å². The molecule has 0 spiro atoms. The minimum atomic E-state index is -0.177. The van der Waals surface area contributed by atoms with Gasteiger partial charge in [-0.25, -0.2) is 0 Å². The molecule has 0 fully saturated rings. The molecule has 3 heteroatoms. The molecule has 2 N–H and O–H groups in total. The molecule has 20 heavy (non-hydrogen) atoms. The maximum absolute atomic E-state index is 6.10. The van der Waals surface area contributed by atoms with Crippen molar-refractivity contribution in [1.82, 2.24) is 0 Å². The molecule has 0 saturated heterocycles. The van der Waals surface area contributed by atoms with Crippen LogP contribution in [0.1, 0.15) is 24.2 Å². The highest BCUT2D eigenvalue weighted by atomic mass is 16.5. The average molecular weight is 271 g/mol. The van der Waals surface area contributed by atoms with Gasteiger partial charge in [0.25, 0.3) is 0 Å². The molecule has 0 radical (unpaired) electrons. The summed E-state index contributed by atoms with van der Waals surface area (Å²) >= 11 is 0. The van der Waals surface area contributed by atoms with Crippen LogP contribution in [0.4, 0.5) is 0 Å². The lowest BCUT2D eigenvalue weighted by Crippen LogP contribution is -2.29. The fraction of sp³-hybridized carbons (Fsp3) is 0.294. The molecule has 0 aliphatic carbocycles. The molecule has 3 nitrogen and oxygen atoms in total. The van der Waals surface area contributed by atoms with E-state index in [2.05, 4.69) is 19.1 Å². The summed E-state index contributed by atoms with van der Waals surface area (Å²) in [5.74, 6) is 1.53. The van der Waals surface area contributed by atoms with Crippen LogP contribution >= 0.6 is 0 Å². The fourth-order valence-corrected chi connectivity index (χ4v) is 2.18. The van der Waals surface area contributed by atoms with Gasteiger partial charge in [-0.3, -0.25) is 0 Å². The lowest BCUT2D eigenvalue weighted by atomic mass is 9.99. The van der Waals surface area contributed by atoms with Gasteiger partial charge < -0.3 is 15.2 Å². The summed E-state index contributed by atoms with van der Waals surface area (Å²) in [6, 6.07) is 15.6. The van der Waals surface area contributed by atoms with Gasteiger partial charge in [0.2, 0.25) is 0 Å². The average Bonchev–Trinajstić information content (AvgIpc) is 2.45. The number of hydrogen-bond acceptors (Lipinski definition) is 3. The van der Waals surface area contributed by atoms with Crippen molar-refractivity contribution >= 4 is 0 Å². The van der Waals surface area contributed by atoms with Gasteiger partial charge in [-0.05, 0) is 37.1 Å². The van der Waals surface area contributed by atoms with Gasteiger partial charge in [0.05, 0.1) is 7.11 Å². The Bertz CT molecular complexity index is 566. The Morgan fingerprint density at radius 3 is 2.35 bits per heavy atom. The molecule has 0 amide bonds. The van der Waals surface area contributed by atoms with Crippen molar-refractivity contribution in [3.8, 4) is 11.5 Å². The van der Waals surface area contributed by atoms with Crippen LogP contribution in [0.3, 0.4) is 0 Å². The first kappa shape index (κ1) is 14.4. The molecule has 106 valence electrons. The summed E-state index contributed by atoms with van der Waals surface area (Å²) in [5.41, 5.74) is 8.39. The number of hydrogen-bond donors (Lipinski definition) is 1. The highest BCUT2D eigenvalue weighted by molar-refractivity contribution is 5.35. The molecule has 0 saturated carbocycles. The van der Waals surface area contributed by atoms with Gasteiger partial charge >= 0.3 is 0 Å². The molecule has 0 aliphatic heterocycles. The van der Waals surface area contributed by atoms with Crippen LogP contribution in [0.15, 0.2) is 48.5 Å². The Balaban J connectivity index is 2.28. The predicted octanol–water partition coefficient (Wildman–Crippen LogP) is 3.47. The predicted molar refractivity (Wildman–Crippen MR) is 81.2 cm³/mol. The zero-order chi connectivity index (χ0) is 14.5. The van der Waals surface area contributed by atoms with Crippen LogP contribution in [0.25, 0.3) is 0 Å². The molecular weight excluding hydrogens is 250 g/mol. The molecule has 2 rings (SSSR count). The van der Waals surface area contributed by atoms with Gasteiger partial charge in [-0.15, -0.1) is 0 Å². The van der Waals surface area contributed by atoms with Crippen molar-refractivity contribution in [3.63, 3.8) is 0 Å². The number of rotatable bonds is 5. The quantitative estimate of drug-likeness (QED) is 0.905. The van der Waals surface area contributed by atoms with Gasteiger partial charge in [0, 0.05) is 12.1 Å². The summed E-state index contributed by atoms with van der Waals surface area (Å²) < 4.78 is 11.3. The third-order valence-corrected chi connectivity index (χ3v) is 3.28. The van der Waals surface area contributed by atoms with Crippen LogP contribution in [0.2, 0.25) is 0 Å². The van der Waals surface area contributed by atoms with Crippen LogP contribution in [-0.4, -0.2) is 13.2 Å². The van der Waals surface area contributed by atoms with Gasteiger partial charge in [-0.1, -0.05) is 30.3 Å². The maximum atomic E-state index is 6.10.